The molecule has 0 fully saturated rings. The topological polar surface area (TPSA) is 71.8 Å². The van der Waals surface area contributed by atoms with Crippen molar-refractivity contribution < 1.29 is 4.79 Å². The molecule has 0 saturated carbocycles. The van der Waals surface area contributed by atoms with Crippen molar-refractivity contribution in [3.63, 3.8) is 0 Å². The maximum Gasteiger partial charge on any atom is 0.284 e. The summed E-state index contributed by atoms with van der Waals surface area (Å²) in [7, 11) is 0. The van der Waals surface area contributed by atoms with Crippen molar-refractivity contribution in [3.8, 4) is 0 Å². The first-order valence-corrected chi connectivity index (χ1v) is 2.02. The van der Waals surface area contributed by atoms with E-state index in [0.29, 0.717) is 0 Å². The third-order valence-corrected chi connectivity index (χ3v) is 0.683. The fraction of sp³-hybridized carbons (Fsp3) is 0. The molecule has 0 atom stereocenters. The zero-order chi connectivity index (χ0) is 5.98. The van der Waals surface area contributed by atoms with Gasteiger partial charge in [-0.2, -0.15) is 0 Å². The highest BCUT2D eigenvalue weighted by atomic mass is 16.1. The number of primary amides is 1. The summed E-state index contributed by atoms with van der Waals surface area (Å²) in [6.07, 6.45) is 3.82. The summed E-state index contributed by atoms with van der Waals surface area (Å²) < 4.78 is 0. The van der Waals surface area contributed by atoms with Crippen molar-refractivity contribution in [1.82, 2.24) is 9.97 Å². The summed E-state index contributed by atoms with van der Waals surface area (Å²) >= 11 is 0. The van der Waals surface area contributed by atoms with Crippen LogP contribution >= 0.6 is 0 Å². The lowest BCUT2D eigenvalue weighted by molar-refractivity contribution is 0.0991. The number of nitrogens with two attached hydrogens (primary N) is 1. The standard InChI is InChI=1S/C4H4N3O/c5-3(8)4-6-1-2-7-4/h1H,(H2,5,8)(H,6,7). The quantitative estimate of drug-likeness (QED) is 0.502. The maximum atomic E-state index is 10.2. The Hall–Kier alpha value is -1.32. The van der Waals surface area contributed by atoms with Gasteiger partial charge in [-0.25, -0.2) is 4.98 Å². The number of hydrogen-bond donors (Lipinski definition) is 2. The van der Waals surface area contributed by atoms with Crippen LogP contribution in [0, 0.1) is 6.20 Å². The van der Waals surface area contributed by atoms with Crippen LogP contribution in [0.1, 0.15) is 10.6 Å². The van der Waals surface area contributed by atoms with E-state index in [1.54, 1.807) is 0 Å². The van der Waals surface area contributed by atoms with Crippen LogP contribution in [0.2, 0.25) is 0 Å². The van der Waals surface area contributed by atoms with Gasteiger partial charge in [0, 0.05) is 6.20 Å². The van der Waals surface area contributed by atoms with E-state index in [9.17, 15) is 4.79 Å². The molecular formula is C4H4N3O. The average molecular weight is 110 g/mol. The number of hydrogen-bond acceptors (Lipinski definition) is 2. The lowest BCUT2D eigenvalue weighted by atomic mass is 10.6. The number of nitrogens with zero attached hydrogens (tertiary/aromatic N) is 1. The molecule has 0 aliphatic rings. The van der Waals surface area contributed by atoms with E-state index >= 15 is 0 Å². The van der Waals surface area contributed by atoms with E-state index in [-0.39, 0.29) is 5.82 Å². The number of rotatable bonds is 1. The predicted molar refractivity (Wildman–Crippen MR) is 25.9 cm³/mol. The molecule has 1 rings (SSSR count). The lowest BCUT2D eigenvalue weighted by Crippen LogP contribution is -2.12. The van der Waals surface area contributed by atoms with Gasteiger partial charge in [-0.1, -0.05) is 0 Å². The minimum atomic E-state index is -0.564. The second-order valence-electron chi connectivity index (χ2n) is 1.24. The summed E-state index contributed by atoms with van der Waals surface area (Å²) in [5.41, 5.74) is 4.81. The van der Waals surface area contributed by atoms with Crippen LogP contribution in [0.3, 0.4) is 0 Å². The van der Waals surface area contributed by atoms with Crippen LogP contribution in [0.25, 0.3) is 0 Å². The van der Waals surface area contributed by atoms with Crippen LogP contribution in [-0.4, -0.2) is 15.9 Å². The van der Waals surface area contributed by atoms with Gasteiger partial charge in [0.25, 0.3) is 5.91 Å². The highest BCUT2D eigenvalue weighted by Gasteiger charge is 1.98. The SMILES string of the molecule is NC(=O)c1n[c]c[nH]1. The summed E-state index contributed by atoms with van der Waals surface area (Å²) in [6.45, 7) is 0. The maximum absolute atomic E-state index is 10.2. The Kier molecular flexibility index (Phi) is 0.997. The molecule has 41 valence electrons. The molecule has 3 N–H and O–H groups in total. The Balaban J connectivity index is 2.93. The summed E-state index contributed by atoms with van der Waals surface area (Å²) in [6, 6.07) is 0. The van der Waals surface area contributed by atoms with E-state index in [2.05, 4.69) is 16.2 Å². The van der Waals surface area contributed by atoms with E-state index in [1.807, 2.05) is 0 Å². The first-order valence-electron chi connectivity index (χ1n) is 2.02. The molecule has 0 spiro atoms. The van der Waals surface area contributed by atoms with Gasteiger partial charge in [0.05, 0.1) is 0 Å². The van der Waals surface area contributed by atoms with Gasteiger partial charge in [-0.05, 0) is 0 Å². The molecule has 1 heterocycles. The van der Waals surface area contributed by atoms with Crippen LogP contribution < -0.4 is 5.73 Å². The van der Waals surface area contributed by atoms with Gasteiger partial charge in [-0.3, -0.25) is 4.79 Å². The molecule has 1 aromatic rings. The van der Waals surface area contributed by atoms with Crippen molar-refractivity contribution in [3.05, 3.63) is 18.2 Å². The van der Waals surface area contributed by atoms with Crippen molar-refractivity contribution in [2.75, 3.05) is 0 Å². The van der Waals surface area contributed by atoms with Crippen LogP contribution in [0.15, 0.2) is 6.20 Å². The smallest absolute Gasteiger partial charge is 0.284 e. The molecule has 0 aliphatic heterocycles. The fourth-order valence-corrected chi connectivity index (χ4v) is 0.356. The molecule has 1 aromatic heterocycles. The van der Waals surface area contributed by atoms with Gasteiger partial charge in [0.15, 0.2) is 5.82 Å². The minimum Gasteiger partial charge on any atom is -0.363 e. The highest BCUT2D eigenvalue weighted by molar-refractivity contribution is 5.88. The van der Waals surface area contributed by atoms with Gasteiger partial charge >= 0.3 is 0 Å². The molecule has 0 bridgehead atoms. The van der Waals surface area contributed by atoms with Crippen LogP contribution in [-0.2, 0) is 0 Å². The lowest BCUT2D eigenvalue weighted by Gasteiger charge is -1.80. The molecule has 0 aliphatic carbocycles. The monoisotopic (exact) mass is 110 g/mol. The zero-order valence-electron chi connectivity index (χ0n) is 4.01. The minimum absolute atomic E-state index is 0.144. The Bertz CT molecular complexity index is 179. The molecule has 8 heavy (non-hydrogen) atoms. The van der Waals surface area contributed by atoms with Gasteiger partial charge < -0.3 is 10.7 Å². The van der Waals surface area contributed by atoms with E-state index in [1.165, 1.54) is 6.20 Å². The van der Waals surface area contributed by atoms with E-state index < -0.39 is 5.91 Å². The van der Waals surface area contributed by atoms with E-state index in [0.717, 1.165) is 0 Å². The highest BCUT2D eigenvalue weighted by Crippen LogP contribution is 1.81. The molecule has 0 saturated heterocycles. The number of nitrogens with one attached hydrogen (secondary N) is 1. The third-order valence-electron chi connectivity index (χ3n) is 0.683. The number of carbonyl (C=O) groups is 1. The second kappa shape index (κ2) is 1.65. The van der Waals surface area contributed by atoms with Crippen molar-refractivity contribution in [1.29, 1.82) is 0 Å². The van der Waals surface area contributed by atoms with Gasteiger partial charge in [-0.15, -0.1) is 0 Å². The molecular weight excluding hydrogens is 106 g/mol. The largest absolute Gasteiger partial charge is 0.363 e. The summed E-state index contributed by atoms with van der Waals surface area (Å²) in [4.78, 5) is 16.1. The fourth-order valence-electron chi connectivity index (χ4n) is 0.356. The summed E-state index contributed by atoms with van der Waals surface area (Å²) in [5, 5.41) is 0. The molecule has 0 aromatic carbocycles. The predicted octanol–water partition coefficient (Wildman–Crippen LogP) is -0.691. The first-order chi connectivity index (χ1) is 3.80. The Morgan fingerprint density at radius 3 is 3.00 bits per heavy atom. The number of carbonyl (C=O) groups excluding carboxylic acids is 1. The number of amides is 1. The second-order valence-corrected chi connectivity index (χ2v) is 1.24. The Morgan fingerprint density at radius 2 is 2.75 bits per heavy atom. The number of H-pyrrole nitrogens is 1. The van der Waals surface area contributed by atoms with Gasteiger partial charge in [0.1, 0.15) is 6.20 Å². The third kappa shape index (κ3) is 0.676. The Labute approximate surface area is 45.7 Å². The number of aromatic amines is 1. The number of imidazole rings is 1. The average Bonchev–Trinajstić information content (AvgIpc) is 2.12. The zero-order valence-corrected chi connectivity index (χ0v) is 4.01. The van der Waals surface area contributed by atoms with Crippen molar-refractivity contribution in [2.24, 2.45) is 5.73 Å². The molecule has 0 unspecified atom stereocenters. The summed E-state index contributed by atoms with van der Waals surface area (Å²) in [5.74, 6) is -0.420. The normalized spacial score (nSPS) is 9.00. The van der Waals surface area contributed by atoms with Crippen LogP contribution in [0.4, 0.5) is 0 Å². The Morgan fingerprint density at radius 1 is 2.00 bits per heavy atom. The van der Waals surface area contributed by atoms with Crippen LogP contribution in [0.5, 0.6) is 0 Å². The molecule has 1 radical (unpaired) electrons. The van der Waals surface area contributed by atoms with Gasteiger partial charge in [0.2, 0.25) is 0 Å². The molecule has 1 amide bonds. The van der Waals surface area contributed by atoms with E-state index in [4.69, 9.17) is 5.73 Å². The molecule has 4 nitrogen and oxygen atoms in total. The molecule has 4 heteroatoms. The van der Waals surface area contributed by atoms with Crippen molar-refractivity contribution in [2.45, 2.75) is 0 Å². The number of aromatic nitrogens is 2. The van der Waals surface area contributed by atoms with Crippen molar-refractivity contribution >= 4 is 5.91 Å². The first kappa shape index (κ1) is 4.83.